The van der Waals surface area contributed by atoms with Gasteiger partial charge in [0.1, 0.15) is 0 Å². The molecular formula is C13H17NO2. The summed E-state index contributed by atoms with van der Waals surface area (Å²) in [6.45, 7) is 2.01. The maximum atomic E-state index is 11.8. The molecule has 1 heterocycles. The molecule has 2 rings (SSSR count). The van der Waals surface area contributed by atoms with Gasteiger partial charge in [-0.3, -0.25) is 4.79 Å². The van der Waals surface area contributed by atoms with Crippen molar-refractivity contribution in [1.29, 1.82) is 0 Å². The van der Waals surface area contributed by atoms with E-state index in [1.54, 1.807) is 0 Å². The SMILES string of the molecule is O=C(CCc1ccccc1)C1COCCN1. The van der Waals surface area contributed by atoms with Crippen LogP contribution in [-0.4, -0.2) is 31.6 Å². The quantitative estimate of drug-likeness (QED) is 0.826. The van der Waals surface area contributed by atoms with Gasteiger partial charge in [0, 0.05) is 13.0 Å². The molecule has 1 fully saturated rings. The topological polar surface area (TPSA) is 38.3 Å². The van der Waals surface area contributed by atoms with Crippen LogP contribution in [-0.2, 0) is 16.0 Å². The minimum atomic E-state index is -0.0996. The highest BCUT2D eigenvalue weighted by Crippen LogP contribution is 2.05. The van der Waals surface area contributed by atoms with Crippen molar-refractivity contribution in [3.8, 4) is 0 Å². The molecule has 0 aliphatic carbocycles. The molecule has 0 bridgehead atoms. The summed E-state index contributed by atoms with van der Waals surface area (Å²) in [4.78, 5) is 11.8. The number of ether oxygens (including phenoxy) is 1. The predicted molar refractivity (Wildman–Crippen MR) is 62.4 cm³/mol. The van der Waals surface area contributed by atoms with Gasteiger partial charge in [0.05, 0.1) is 19.3 Å². The van der Waals surface area contributed by atoms with Crippen molar-refractivity contribution in [2.24, 2.45) is 0 Å². The fourth-order valence-electron chi connectivity index (χ4n) is 1.86. The molecule has 1 aromatic carbocycles. The van der Waals surface area contributed by atoms with Gasteiger partial charge in [-0.25, -0.2) is 0 Å². The number of morpholine rings is 1. The molecule has 1 aromatic rings. The van der Waals surface area contributed by atoms with E-state index in [4.69, 9.17) is 4.74 Å². The van der Waals surface area contributed by atoms with E-state index < -0.39 is 0 Å². The summed E-state index contributed by atoms with van der Waals surface area (Å²) in [7, 11) is 0. The predicted octanol–water partition coefficient (Wildman–Crippen LogP) is 1.18. The Morgan fingerprint density at radius 3 is 2.88 bits per heavy atom. The molecule has 0 amide bonds. The zero-order valence-electron chi connectivity index (χ0n) is 9.32. The normalized spacial score (nSPS) is 20.6. The number of hydrogen-bond donors (Lipinski definition) is 1. The van der Waals surface area contributed by atoms with Crippen LogP contribution in [0, 0.1) is 0 Å². The Bertz CT molecular complexity index is 331. The first-order chi connectivity index (χ1) is 7.86. The minimum absolute atomic E-state index is 0.0996. The van der Waals surface area contributed by atoms with Gasteiger partial charge in [-0.2, -0.15) is 0 Å². The Balaban J connectivity index is 1.79. The molecule has 3 nitrogen and oxygen atoms in total. The van der Waals surface area contributed by atoms with Gasteiger partial charge in [-0.1, -0.05) is 30.3 Å². The lowest BCUT2D eigenvalue weighted by atomic mass is 10.0. The minimum Gasteiger partial charge on any atom is -0.378 e. The molecule has 1 unspecified atom stereocenters. The molecule has 0 aromatic heterocycles. The first kappa shape index (κ1) is 11.3. The first-order valence-corrected chi connectivity index (χ1v) is 5.74. The summed E-state index contributed by atoms with van der Waals surface area (Å²) in [6.07, 6.45) is 1.41. The first-order valence-electron chi connectivity index (χ1n) is 5.74. The van der Waals surface area contributed by atoms with E-state index in [-0.39, 0.29) is 11.8 Å². The Labute approximate surface area is 95.8 Å². The van der Waals surface area contributed by atoms with Crippen molar-refractivity contribution in [3.05, 3.63) is 35.9 Å². The van der Waals surface area contributed by atoms with E-state index in [9.17, 15) is 4.79 Å². The number of aryl methyl sites for hydroxylation is 1. The van der Waals surface area contributed by atoms with Crippen molar-refractivity contribution in [2.45, 2.75) is 18.9 Å². The highest BCUT2D eigenvalue weighted by Gasteiger charge is 2.20. The fourth-order valence-corrected chi connectivity index (χ4v) is 1.86. The zero-order valence-corrected chi connectivity index (χ0v) is 9.32. The number of rotatable bonds is 4. The summed E-state index contributed by atoms with van der Waals surface area (Å²) < 4.78 is 5.27. The van der Waals surface area contributed by atoms with Gasteiger partial charge in [-0.05, 0) is 12.0 Å². The van der Waals surface area contributed by atoms with Crippen LogP contribution in [0.2, 0.25) is 0 Å². The zero-order chi connectivity index (χ0) is 11.2. The van der Waals surface area contributed by atoms with Crippen molar-refractivity contribution >= 4 is 5.78 Å². The van der Waals surface area contributed by atoms with E-state index in [1.165, 1.54) is 5.56 Å². The van der Waals surface area contributed by atoms with Crippen molar-refractivity contribution in [2.75, 3.05) is 19.8 Å². The van der Waals surface area contributed by atoms with Crippen LogP contribution < -0.4 is 5.32 Å². The highest BCUT2D eigenvalue weighted by molar-refractivity contribution is 5.84. The smallest absolute Gasteiger partial charge is 0.152 e. The number of carbonyl (C=O) groups excluding carboxylic acids is 1. The maximum Gasteiger partial charge on any atom is 0.152 e. The van der Waals surface area contributed by atoms with Crippen LogP contribution in [0.1, 0.15) is 12.0 Å². The molecule has 86 valence electrons. The molecule has 1 aliphatic rings. The van der Waals surface area contributed by atoms with Gasteiger partial charge < -0.3 is 10.1 Å². The largest absolute Gasteiger partial charge is 0.378 e. The molecule has 3 heteroatoms. The van der Waals surface area contributed by atoms with Crippen LogP contribution >= 0.6 is 0 Å². The van der Waals surface area contributed by atoms with E-state index >= 15 is 0 Å². The molecule has 0 saturated carbocycles. The Morgan fingerprint density at radius 2 is 2.19 bits per heavy atom. The van der Waals surface area contributed by atoms with Crippen molar-refractivity contribution in [1.82, 2.24) is 5.32 Å². The molecule has 16 heavy (non-hydrogen) atoms. The standard InChI is InChI=1S/C13H17NO2/c15-13(12-10-16-9-8-14-12)7-6-11-4-2-1-3-5-11/h1-5,12,14H,6-10H2. The summed E-state index contributed by atoms with van der Waals surface area (Å²) in [6, 6.07) is 10.00. The lowest BCUT2D eigenvalue weighted by Gasteiger charge is -2.22. The highest BCUT2D eigenvalue weighted by atomic mass is 16.5. The van der Waals surface area contributed by atoms with E-state index in [1.807, 2.05) is 18.2 Å². The lowest BCUT2D eigenvalue weighted by Crippen LogP contribution is -2.46. The van der Waals surface area contributed by atoms with Gasteiger partial charge in [0.25, 0.3) is 0 Å². The lowest BCUT2D eigenvalue weighted by molar-refractivity contribution is -0.123. The number of Topliss-reactive ketones (excluding diaryl/α,β-unsaturated/α-hetero) is 1. The van der Waals surface area contributed by atoms with Gasteiger partial charge in [0.2, 0.25) is 0 Å². The van der Waals surface area contributed by atoms with Crippen molar-refractivity contribution in [3.63, 3.8) is 0 Å². The monoisotopic (exact) mass is 219 g/mol. The number of nitrogens with one attached hydrogen (secondary N) is 1. The molecule has 1 atom stereocenters. The molecule has 1 saturated heterocycles. The summed E-state index contributed by atoms with van der Waals surface area (Å²) in [5, 5.41) is 3.18. The van der Waals surface area contributed by atoms with E-state index in [2.05, 4.69) is 17.4 Å². The average Bonchev–Trinajstić information content (AvgIpc) is 2.38. The second kappa shape index (κ2) is 5.77. The molecule has 1 aliphatic heterocycles. The van der Waals surface area contributed by atoms with E-state index in [0.29, 0.717) is 19.6 Å². The third-order valence-electron chi connectivity index (χ3n) is 2.81. The van der Waals surface area contributed by atoms with Crippen LogP contribution in [0.4, 0.5) is 0 Å². The Morgan fingerprint density at radius 1 is 1.38 bits per heavy atom. The van der Waals surface area contributed by atoms with Crippen LogP contribution in [0.15, 0.2) is 30.3 Å². The maximum absolute atomic E-state index is 11.8. The number of benzene rings is 1. The Hall–Kier alpha value is -1.19. The Kier molecular flexibility index (Phi) is 4.08. The van der Waals surface area contributed by atoms with Gasteiger partial charge in [-0.15, -0.1) is 0 Å². The number of carbonyl (C=O) groups is 1. The van der Waals surface area contributed by atoms with Crippen LogP contribution in [0.5, 0.6) is 0 Å². The van der Waals surface area contributed by atoms with Crippen LogP contribution in [0.25, 0.3) is 0 Å². The molecule has 0 spiro atoms. The summed E-state index contributed by atoms with van der Waals surface area (Å²) in [5.41, 5.74) is 1.22. The van der Waals surface area contributed by atoms with E-state index in [0.717, 1.165) is 13.0 Å². The second-order valence-corrected chi connectivity index (χ2v) is 4.03. The second-order valence-electron chi connectivity index (χ2n) is 4.03. The summed E-state index contributed by atoms with van der Waals surface area (Å²) in [5.74, 6) is 0.253. The molecule has 1 N–H and O–H groups in total. The average molecular weight is 219 g/mol. The summed E-state index contributed by atoms with van der Waals surface area (Å²) >= 11 is 0. The third-order valence-corrected chi connectivity index (χ3v) is 2.81. The third kappa shape index (κ3) is 3.15. The van der Waals surface area contributed by atoms with Crippen molar-refractivity contribution < 1.29 is 9.53 Å². The molecule has 0 radical (unpaired) electrons. The number of hydrogen-bond acceptors (Lipinski definition) is 3. The molecular weight excluding hydrogens is 202 g/mol. The van der Waals surface area contributed by atoms with Crippen LogP contribution in [0.3, 0.4) is 0 Å². The fraction of sp³-hybridized carbons (Fsp3) is 0.462. The van der Waals surface area contributed by atoms with Gasteiger partial charge in [0.15, 0.2) is 5.78 Å². The van der Waals surface area contributed by atoms with Gasteiger partial charge >= 0.3 is 0 Å². The number of ketones is 1.